The molecule has 4 heteroatoms. The molecule has 0 bridgehead atoms. The van der Waals surface area contributed by atoms with Gasteiger partial charge in [0.2, 0.25) is 0 Å². The lowest BCUT2D eigenvalue weighted by Gasteiger charge is -2.31. The fraction of sp³-hybridized carbons (Fsp3) is 0.412. The first-order chi connectivity index (χ1) is 10.3. The first kappa shape index (κ1) is 15.1. The molecule has 112 valence electrons. The zero-order valence-electron chi connectivity index (χ0n) is 12.0. The van der Waals surface area contributed by atoms with Crippen molar-refractivity contribution in [2.75, 3.05) is 18.1 Å². The summed E-state index contributed by atoms with van der Waals surface area (Å²) in [5.74, 6) is 2.16. The zero-order chi connectivity index (χ0) is 14.5. The molecule has 1 aromatic heterocycles. The minimum Gasteiger partial charge on any atom is -0.389 e. The van der Waals surface area contributed by atoms with Crippen molar-refractivity contribution in [2.45, 2.75) is 25.0 Å². The summed E-state index contributed by atoms with van der Waals surface area (Å²) < 4.78 is 0. The van der Waals surface area contributed by atoms with Crippen molar-refractivity contribution in [1.29, 1.82) is 0 Å². The van der Waals surface area contributed by atoms with Crippen molar-refractivity contribution in [3.8, 4) is 10.4 Å². The van der Waals surface area contributed by atoms with Crippen molar-refractivity contribution in [3.05, 3.63) is 47.3 Å². The molecule has 0 spiro atoms. The van der Waals surface area contributed by atoms with Crippen LogP contribution in [0.25, 0.3) is 10.4 Å². The molecule has 2 N–H and O–H groups in total. The van der Waals surface area contributed by atoms with E-state index < -0.39 is 5.60 Å². The molecule has 21 heavy (non-hydrogen) atoms. The largest absolute Gasteiger partial charge is 0.389 e. The van der Waals surface area contributed by atoms with Crippen LogP contribution in [0.4, 0.5) is 0 Å². The summed E-state index contributed by atoms with van der Waals surface area (Å²) in [4.78, 5) is 2.63. The van der Waals surface area contributed by atoms with Gasteiger partial charge < -0.3 is 10.4 Å². The van der Waals surface area contributed by atoms with Crippen LogP contribution in [0.1, 0.15) is 17.7 Å². The third kappa shape index (κ3) is 4.10. The molecule has 1 aliphatic heterocycles. The Hall–Kier alpha value is -0.810. The van der Waals surface area contributed by atoms with Gasteiger partial charge in [0.05, 0.1) is 5.60 Å². The molecule has 2 aromatic rings. The number of thiophene rings is 1. The van der Waals surface area contributed by atoms with Crippen LogP contribution in [0.15, 0.2) is 42.5 Å². The Kier molecular flexibility index (Phi) is 5.01. The first-order valence-electron chi connectivity index (χ1n) is 7.40. The van der Waals surface area contributed by atoms with Gasteiger partial charge >= 0.3 is 0 Å². The van der Waals surface area contributed by atoms with E-state index in [0.717, 1.165) is 30.9 Å². The molecule has 0 saturated carbocycles. The van der Waals surface area contributed by atoms with E-state index in [0.29, 0.717) is 6.54 Å². The highest BCUT2D eigenvalue weighted by Crippen LogP contribution is 2.29. The maximum absolute atomic E-state index is 10.5. The Morgan fingerprint density at radius 3 is 2.57 bits per heavy atom. The van der Waals surface area contributed by atoms with Crippen LogP contribution in [0, 0.1) is 0 Å². The topological polar surface area (TPSA) is 32.3 Å². The van der Waals surface area contributed by atoms with Gasteiger partial charge in [0.1, 0.15) is 0 Å². The van der Waals surface area contributed by atoms with Gasteiger partial charge in [0.25, 0.3) is 0 Å². The molecule has 1 aliphatic rings. The normalized spacial score (nSPS) is 17.8. The average Bonchev–Trinajstić information content (AvgIpc) is 2.98. The molecule has 0 radical (unpaired) electrons. The predicted molar refractivity (Wildman–Crippen MR) is 93.0 cm³/mol. The molecule has 0 atom stereocenters. The average molecular weight is 319 g/mol. The van der Waals surface area contributed by atoms with Crippen LogP contribution in [0.3, 0.4) is 0 Å². The highest BCUT2D eigenvalue weighted by Gasteiger charge is 2.28. The van der Waals surface area contributed by atoms with Gasteiger partial charge in [-0.1, -0.05) is 30.3 Å². The van der Waals surface area contributed by atoms with E-state index in [-0.39, 0.29) is 0 Å². The van der Waals surface area contributed by atoms with Gasteiger partial charge in [0, 0.05) is 22.8 Å². The van der Waals surface area contributed by atoms with E-state index in [1.807, 2.05) is 29.2 Å². The maximum Gasteiger partial charge on any atom is 0.0787 e. The molecule has 0 unspecified atom stereocenters. The molecule has 1 fully saturated rings. The number of hydrogen-bond acceptors (Lipinski definition) is 4. The highest BCUT2D eigenvalue weighted by molar-refractivity contribution is 7.99. The maximum atomic E-state index is 10.5. The van der Waals surface area contributed by atoms with Gasteiger partial charge in [-0.2, -0.15) is 11.8 Å². The summed E-state index contributed by atoms with van der Waals surface area (Å²) in [5.41, 5.74) is 0.779. The lowest BCUT2D eigenvalue weighted by Crippen LogP contribution is -2.43. The van der Waals surface area contributed by atoms with Gasteiger partial charge in [-0.3, -0.25) is 0 Å². The number of benzene rings is 1. The van der Waals surface area contributed by atoms with E-state index in [9.17, 15) is 5.11 Å². The van der Waals surface area contributed by atoms with E-state index in [4.69, 9.17) is 0 Å². The molecule has 1 saturated heterocycles. The number of nitrogens with one attached hydrogen (secondary N) is 1. The van der Waals surface area contributed by atoms with Crippen LogP contribution >= 0.6 is 23.1 Å². The fourth-order valence-electron chi connectivity index (χ4n) is 2.58. The van der Waals surface area contributed by atoms with Crippen molar-refractivity contribution in [3.63, 3.8) is 0 Å². The minimum atomic E-state index is -0.495. The quantitative estimate of drug-likeness (QED) is 0.880. The van der Waals surface area contributed by atoms with Crippen molar-refractivity contribution < 1.29 is 5.11 Å². The van der Waals surface area contributed by atoms with E-state index >= 15 is 0 Å². The fourth-order valence-corrected chi connectivity index (χ4v) is 4.81. The Bertz CT molecular complexity index is 561. The zero-order valence-corrected chi connectivity index (χ0v) is 13.7. The summed E-state index contributed by atoms with van der Waals surface area (Å²) in [6.45, 7) is 1.54. The second-order valence-corrected chi connectivity index (χ2v) is 7.97. The second-order valence-electron chi connectivity index (χ2n) is 5.57. The molecule has 2 nitrogen and oxygen atoms in total. The molecular formula is C17H21NOS2. The van der Waals surface area contributed by atoms with Crippen LogP contribution in [-0.2, 0) is 6.54 Å². The van der Waals surface area contributed by atoms with Crippen molar-refractivity contribution >= 4 is 23.1 Å². The minimum absolute atomic E-state index is 0.495. The van der Waals surface area contributed by atoms with E-state index in [1.54, 1.807) is 0 Å². The Labute approximate surface area is 134 Å². The Balaban J connectivity index is 1.53. The molecule has 2 heterocycles. The Morgan fingerprint density at radius 2 is 1.81 bits per heavy atom. The van der Waals surface area contributed by atoms with Gasteiger partial charge in [-0.15, -0.1) is 11.3 Å². The summed E-state index contributed by atoms with van der Waals surface area (Å²) in [6.07, 6.45) is 1.81. The van der Waals surface area contributed by atoms with Crippen LogP contribution in [0.5, 0.6) is 0 Å². The predicted octanol–water partition coefficient (Wildman–Crippen LogP) is 3.76. The van der Waals surface area contributed by atoms with Crippen LogP contribution < -0.4 is 5.32 Å². The highest BCUT2D eigenvalue weighted by atomic mass is 32.2. The summed E-state index contributed by atoms with van der Waals surface area (Å²) in [6, 6.07) is 14.8. The summed E-state index contributed by atoms with van der Waals surface area (Å²) in [5, 5.41) is 13.9. The molecule has 1 aromatic carbocycles. The SMILES string of the molecule is OC1(CNCc2ccc(-c3ccccc3)s2)CCSCC1. The third-order valence-corrected chi connectivity index (χ3v) is 6.02. The lowest BCUT2D eigenvalue weighted by molar-refractivity contribution is 0.0321. The first-order valence-corrected chi connectivity index (χ1v) is 9.37. The molecule has 0 amide bonds. The number of thioether (sulfide) groups is 1. The number of rotatable bonds is 5. The van der Waals surface area contributed by atoms with Gasteiger partial charge in [-0.05, 0) is 42.0 Å². The smallest absolute Gasteiger partial charge is 0.0787 e. The van der Waals surface area contributed by atoms with E-state index in [2.05, 4.69) is 41.7 Å². The molecule has 0 aliphatic carbocycles. The monoisotopic (exact) mass is 319 g/mol. The van der Waals surface area contributed by atoms with Gasteiger partial charge in [-0.25, -0.2) is 0 Å². The van der Waals surface area contributed by atoms with E-state index in [1.165, 1.54) is 15.3 Å². The molecular weight excluding hydrogens is 298 g/mol. The Morgan fingerprint density at radius 1 is 1.05 bits per heavy atom. The number of hydrogen-bond donors (Lipinski definition) is 2. The van der Waals surface area contributed by atoms with Crippen LogP contribution in [-0.4, -0.2) is 28.8 Å². The van der Waals surface area contributed by atoms with Gasteiger partial charge in [0.15, 0.2) is 0 Å². The molecule has 3 rings (SSSR count). The van der Waals surface area contributed by atoms with Crippen molar-refractivity contribution in [1.82, 2.24) is 5.32 Å². The third-order valence-electron chi connectivity index (χ3n) is 3.90. The second kappa shape index (κ2) is 6.97. The number of aliphatic hydroxyl groups is 1. The lowest BCUT2D eigenvalue weighted by atomic mass is 9.97. The van der Waals surface area contributed by atoms with Crippen LogP contribution in [0.2, 0.25) is 0 Å². The van der Waals surface area contributed by atoms with Crippen molar-refractivity contribution in [2.24, 2.45) is 0 Å². The standard InChI is InChI=1S/C17H21NOS2/c19-17(8-10-20-11-9-17)13-18-12-15-6-7-16(21-15)14-4-2-1-3-5-14/h1-7,18-19H,8-13H2. The summed E-state index contributed by atoms with van der Waals surface area (Å²) in [7, 11) is 0. The summed E-state index contributed by atoms with van der Waals surface area (Å²) >= 11 is 3.77.